The summed E-state index contributed by atoms with van der Waals surface area (Å²) >= 11 is 0. The van der Waals surface area contributed by atoms with Gasteiger partial charge in [-0.1, -0.05) is 26.3 Å². The van der Waals surface area contributed by atoms with Crippen molar-refractivity contribution in [3.05, 3.63) is 11.6 Å². The van der Waals surface area contributed by atoms with E-state index in [4.69, 9.17) is 4.43 Å². The molecule has 1 aliphatic rings. The predicted octanol–water partition coefficient (Wildman–Crippen LogP) is 5.25. The van der Waals surface area contributed by atoms with Gasteiger partial charge in [-0.15, -0.1) is 0 Å². The summed E-state index contributed by atoms with van der Waals surface area (Å²) in [7, 11) is -1.64. The van der Waals surface area contributed by atoms with Gasteiger partial charge in [0.05, 0.1) is 0 Å². The van der Waals surface area contributed by atoms with E-state index in [1.807, 2.05) is 6.08 Å². The first-order valence-corrected chi connectivity index (χ1v) is 10.9. The van der Waals surface area contributed by atoms with Crippen LogP contribution < -0.4 is 0 Å². The van der Waals surface area contributed by atoms with E-state index in [2.05, 4.69) is 40.8 Å². The lowest BCUT2D eigenvalue weighted by Gasteiger charge is -2.38. The minimum Gasteiger partial charge on any atom is -0.414 e. The lowest BCUT2D eigenvalue weighted by molar-refractivity contribution is -0.115. The molecule has 0 aromatic rings. The van der Waals surface area contributed by atoms with E-state index in [1.165, 1.54) is 5.57 Å². The van der Waals surface area contributed by atoms with E-state index in [0.29, 0.717) is 11.9 Å². The molecule has 0 radical (unpaired) electrons. The third-order valence-electron chi connectivity index (χ3n) is 4.70. The molecule has 2 nitrogen and oxygen atoms in total. The molecule has 0 fully saturated rings. The summed E-state index contributed by atoms with van der Waals surface area (Å²) in [6.45, 7) is 13.7. The van der Waals surface area contributed by atoms with Crippen molar-refractivity contribution in [2.75, 3.05) is 0 Å². The second-order valence-electron chi connectivity index (χ2n) is 7.70. The molecule has 0 aliphatic heterocycles. The standard InChI is InChI=1S/C17H32O2Si/c1-14(19-20(5,6)17(2,3)4)9-7-10-15-11-8-12-16(18)13-15/h13-14H,7-12H2,1-6H3/t14-/m0/s1. The molecule has 0 aromatic carbocycles. The van der Waals surface area contributed by atoms with Gasteiger partial charge in [-0.25, -0.2) is 0 Å². The zero-order chi connectivity index (χ0) is 15.4. The third kappa shape index (κ3) is 5.53. The van der Waals surface area contributed by atoms with E-state index in [0.717, 1.165) is 38.5 Å². The van der Waals surface area contributed by atoms with Gasteiger partial charge in [0, 0.05) is 12.5 Å². The Morgan fingerprint density at radius 3 is 2.50 bits per heavy atom. The zero-order valence-electron chi connectivity index (χ0n) is 14.2. The molecule has 1 aliphatic carbocycles. The fraction of sp³-hybridized carbons (Fsp3) is 0.824. The van der Waals surface area contributed by atoms with Gasteiger partial charge in [0.25, 0.3) is 0 Å². The maximum Gasteiger partial charge on any atom is 0.192 e. The molecule has 0 saturated carbocycles. The Bertz CT molecular complexity index is 364. The van der Waals surface area contributed by atoms with Crippen molar-refractivity contribution in [2.24, 2.45) is 0 Å². The Kier molecular flexibility index (Phi) is 6.20. The molecule has 0 aromatic heterocycles. The Morgan fingerprint density at radius 2 is 1.95 bits per heavy atom. The fourth-order valence-corrected chi connectivity index (χ4v) is 3.89. The van der Waals surface area contributed by atoms with E-state index in [-0.39, 0.29) is 5.04 Å². The van der Waals surface area contributed by atoms with Crippen LogP contribution in [0.25, 0.3) is 0 Å². The number of ketones is 1. The van der Waals surface area contributed by atoms with Crippen LogP contribution in [0.3, 0.4) is 0 Å². The summed E-state index contributed by atoms with van der Waals surface area (Å²) in [4.78, 5) is 11.4. The number of carbonyl (C=O) groups excluding carboxylic acids is 1. The molecule has 0 amide bonds. The van der Waals surface area contributed by atoms with Crippen molar-refractivity contribution in [3.63, 3.8) is 0 Å². The third-order valence-corrected chi connectivity index (χ3v) is 9.30. The largest absolute Gasteiger partial charge is 0.414 e. The Hall–Kier alpha value is -0.413. The summed E-state index contributed by atoms with van der Waals surface area (Å²) in [5, 5.41) is 0.277. The lowest BCUT2D eigenvalue weighted by Crippen LogP contribution is -2.43. The normalized spacial score (nSPS) is 18.9. The highest BCUT2D eigenvalue weighted by atomic mass is 28.4. The highest BCUT2D eigenvalue weighted by Gasteiger charge is 2.38. The van der Waals surface area contributed by atoms with Crippen LogP contribution in [0.4, 0.5) is 0 Å². The van der Waals surface area contributed by atoms with Crippen molar-refractivity contribution in [3.8, 4) is 0 Å². The van der Waals surface area contributed by atoms with Gasteiger partial charge in [0.2, 0.25) is 0 Å². The summed E-state index contributed by atoms with van der Waals surface area (Å²) in [6.07, 6.45) is 8.40. The van der Waals surface area contributed by atoms with Gasteiger partial charge in [-0.2, -0.15) is 0 Å². The highest BCUT2D eigenvalue weighted by molar-refractivity contribution is 6.74. The minimum absolute atomic E-state index is 0.277. The quantitative estimate of drug-likeness (QED) is 0.626. The Morgan fingerprint density at radius 1 is 1.30 bits per heavy atom. The molecule has 0 bridgehead atoms. The first kappa shape index (κ1) is 17.6. The van der Waals surface area contributed by atoms with Crippen LogP contribution >= 0.6 is 0 Å². The van der Waals surface area contributed by atoms with Gasteiger partial charge in [-0.05, 0) is 63.2 Å². The van der Waals surface area contributed by atoms with Crippen molar-refractivity contribution in [2.45, 2.75) is 90.5 Å². The summed E-state index contributed by atoms with van der Waals surface area (Å²) in [5.41, 5.74) is 1.35. The van der Waals surface area contributed by atoms with Crippen molar-refractivity contribution in [1.29, 1.82) is 0 Å². The molecule has 0 heterocycles. The number of hydrogen-bond donors (Lipinski definition) is 0. The SMILES string of the molecule is C[C@@H](CCCC1=CC(=O)CCC1)O[Si](C)(C)C(C)(C)C. The molecule has 1 rings (SSSR count). The van der Waals surface area contributed by atoms with Crippen molar-refractivity contribution < 1.29 is 9.22 Å². The first-order valence-electron chi connectivity index (χ1n) is 8.02. The molecule has 0 unspecified atom stereocenters. The zero-order valence-corrected chi connectivity index (χ0v) is 15.2. The van der Waals surface area contributed by atoms with E-state index < -0.39 is 8.32 Å². The van der Waals surface area contributed by atoms with Crippen LogP contribution in [-0.4, -0.2) is 20.2 Å². The van der Waals surface area contributed by atoms with Gasteiger partial charge in [0.15, 0.2) is 14.1 Å². The van der Waals surface area contributed by atoms with Gasteiger partial charge in [0.1, 0.15) is 0 Å². The summed E-state index contributed by atoms with van der Waals surface area (Å²) in [6, 6.07) is 0. The van der Waals surface area contributed by atoms with Crippen molar-refractivity contribution in [1.82, 2.24) is 0 Å². The Labute approximate surface area is 126 Å². The molecule has 0 N–H and O–H groups in total. The lowest BCUT2D eigenvalue weighted by atomic mass is 9.94. The number of rotatable bonds is 6. The number of allylic oxidation sites excluding steroid dienone is 2. The van der Waals surface area contributed by atoms with Gasteiger partial charge < -0.3 is 4.43 Å². The fourth-order valence-electron chi connectivity index (χ4n) is 2.41. The van der Waals surface area contributed by atoms with Crippen molar-refractivity contribution >= 4 is 14.1 Å². The maximum atomic E-state index is 11.4. The molecule has 0 saturated heterocycles. The van der Waals surface area contributed by atoms with Gasteiger partial charge >= 0.3 is 0 Å². The van der Waals surface area contributed by atoms with Crippen LogP contribution in [0.2, 0.25) is 18.1 Å². The molecular formula is C17H32O2Si. The van der Waals surface area contributed by atoms with Crippen LogP contribution in [-0.2, 0) is 9.22 Å². The monoisotopic (exact) mass is 296 g/mol. The van der Waals surface area contributed by atoms with Crippen LogP contribution in [0.1, 0.15) is 66.2 Å². The van der Waals surface area contributed by atoms with Gasteiger partial charge in [-0.3, -0.25) is 4.79 Å². The smallest absolute Gasteiger partial charge is 0.192 e. The number of carbonyl (C=O) groups is 1. The molecule has 116 valence electrons. The predicted molar refractivity (Wildman–Crippen MR) is 88.5 cm³/mol. The molecule has 1 atom stereocenters. The van der Waals surface area contributed by atoms with E-state index in [9.17, 15) is 4.79 Å². The second-order valence-corrected chi connectivity index (χ2v) is 12.5. The molecule has 0 spiro atoms. The number of hydrogen-bond acceptors (Lipinski definition) is 2. The molecule has 3 heteroatoms. The molecular weight excluding hydrogens is 264 g/mol. The highest BCUT2D eigenvalue weighted by Crippen LogP contribution is 2.37. The van der Waals surface area contributed by atoms with E-state index in [1.54, 1.807) is 0 Å². The average Bonchev–Trinajstić information content (AvgIpc) is 2.26. The maximum absolute atomic E-state index is 11.4. The summed E-state index contributed by atoms with van der Waals surface area (Å²) < 4.78 is 6.37. The Balaban J connectivity index is 2.33. The topological polar surface area (TPSA) is 26.3 Å². The van der Waals surface area contributed by atoms with Crippen LogP contribution in [0.15, 0.2) is 11.6 Å². The van der Waals surface area contributed by atoms with Crippen LogP contribution in [0.5, 0.6) is 0 Å². The summed E-state index contributed by atoms with van der Waals surface area (Å²) in [5.74, 6) is 0.317. The minimum atomic E-state index is -1.64. The average molecular weight is 297 g/mol. The van der Waals surface area contributed by atoms with Crippen LogP contribution in [0, 0.1) is 0 Å². The van der Waals surface area contributed by atoms with E-state index >= 15 is 0 Å². The first-order chi connectivity index (χ1) is 9.12. The second kappa shape index (κ2) is 7.03. The molecule has 20 heavy (non-hydrogen) atoms.